The van der Waals surface area contributed by atoms with Gasteiger partial charge in [-0.05, 0) is 48.1 Å². The number of hydrogen-bond donors (Lipinski definition) is 1. The van der Waals surface area contributed by atoms with Gasteiger partial charge in [0, 0.05) is 34.7 Å². The second-order valence-corrected chi connectivity index (χ2v) is 9.73. The van der Waals surface area contributed by atoms with Crippen LogP contribution in [0.1, 0.15) is 50.8 Å². The largest absolute Gasteiger partial charge is 0.357 e. The highest BCUT2D eigenvalue weighted by Crippen LogP contribution is 2.50. The maximum absolute atomic E-state index is 13.5. The Labute approximate surface area is 186 Å². The standard InChI is InChI=1S/C24H24Cl2N2O2/c1-13-6-5-7-19-22(13)27-18-11-24(3,4)12-20(30)21(18)23(28(19)14(2)29)16-9-8-15(25)10-17(16)26/h5-10,23,27H,11-12H2,1-4H3. The maximum atomic E-state index is 13.5. The lowest BCUT2D eigenvalue weighted by molar-refractivity contribution is -0.118. The SMILES string of the molecule is CC(=O)N1c2cccc(C)c2NC2=C(C(=O)CC(C)(C)C2)C1c1ccc(Cl)cc1Cl. The average molecular weight is 443 g/mol. The normalized spacial score (nSPS) is 20.3. The van der Waals surface area contributed by atoms with Gasteiger partial charge in [-0.1, -0.05) is 55.2 Å². The zero-order valence-electron chi connectivity index (χ0n) is 17.5. The molecule has 0 saturated carbocycles. The van der Waals surface area contributed by atoms with Gasteiger partial charge >= 0.3 is 0 Å². The van der Waals surface area contributed by atoms with Crippen molar-refractivity contribution >= 4 is 46.3 Å². The summed E-state index contributed by atoms with van der Waals surface area (Å²) in [5, 5.41) is 4.46. The fourth-order valence-corrected chi connectivity index (χ4v) is 5.08. The first-order chi connectivity index (χ1) is 14.1. The highest BCUT2D eigenvalue weighted by molar-refractivity contribution is 6.35. The number of benzene rings is 2. The van der Waals surface area contributed by atoms with E-state index in [0.29, 0.717) is 34.0 Å². The smallest absolute Gasteiger partial charge is 0.224 e. The number of fused-ring (bicyclic) bond motifs is 1. The van der Waals surface area contributed by atoms with Gasteiger partial charge in [0.2, 0.25) is 5.91 Å². The minimum Gasteiger partial charge on any atom is -0.357 e. The molecule has 2 aliphatic rings. The topological polar surface area (TPSA) is 49.4 Å². The summed E-state index contributed by atoms with van der Waals surface area (Å²) in [5.74, 6) is -0.132. The molecule has 1 heterocycles. The predicted octanol–water partition coefficient (Wildman–Crippen LogP) is 6.46. The van der Waals surface area contributed by atoms with Gasteiger partial charge in [0.25, 0.3) is 0 Å². The van der Waals surface area contributed by atoms with E-state index in [9.17, 15) is 9.59 Å². The first kappa shape index (κ1) is 21.0. The number of rotatable bonds is 1. The molecule has 1 unspecified atom stereocenters. The molecule has 0 bridgehead atoms. The van der Waals surface area contributed by atoms with E-state index in [0.717, 1.165) is 22.6 Å². The number of halogens is 2. The van der Waals surface area contributed by atoms with Gasteiger partial charge in [-0.15, -0.1) is 0 Å². The van der Waals surface area contributed by atoms with Crippen LogP contribution in [0.25, 0.3) is 0 Å². The van der Waals surface area contributed by atoms with Crippen LogP contribution in [0.15, 0.2) is 47.7 Å². The summed E-state index contributed by atoms with van der Waals surface area (Å²) in [4.78, 5) is 28.1. The van der Waals surface area contributed by atoms with Gasteiger partial charge < -0.3 is 5.32 Å². The number of hydrogen-bond acceptors (Lipinski definition) is 3. The minimum absolute atomic E-state index is 0.0291. The average Bonchev–Trinajstić information content (AvgIpc) is 2.76. The molecular formula is C24H24Cl2N2O2. The van der Waals surface area contributed by atoms with E-state index in [1.165, 1.54) is 6.92 Å². The Hall–Kier alpha value is -2.30. The van der Waals surface area contributed by atoms with Crippen LogP contribution in [0, 0.1) is 12.3 Å². The van der Waals surface area contributed by atoms with Crippen LogP contribution in [0.2, 0.25) is 10.0 Å². The summed E-state index contributed by atoms with van der Waals surface area (Å²) in [6.07, 6.45) is 1.12. The van der Waals surface area contributed by atoms with Crippen LogP contribution in [-0.4, -0.2) is 11.7 Å². The molecule has 0 radical (unpaired) electrons. The summed E-state index contributed by atoms with van der Waals surface area (Å²) < 4.78 is 0. The van der Waals surface area contributed by atoms with Gasteiger partial charge in [0.1, 0.15) is 0 Å². The minimum atomic E-state index is -0.624. The zero-order chi connectivity index (χ0) is 21.8. The molecule has 4 rings (SSSR count). The highest BCUT2D eigenvalue weighted by atomic mass is 35.5. The van der Waals surface area contributed by atoms with Crippen molar-refractivity contribution in [2.45, 2.75) is 46.6 Å². The van der Waals surface area contributed by atoms with Crippen LogP contribution in [0.3, 0.4) is 0 Å². The summed E-state index contributed by atoms with van der Waals surface area (Å²) >= 11 is 12.7. The molecule has 156 valence electrons. The molecule has 0 saturated heterocycles. The van der Waals surface area contributed by atoms with Crippen LogP contribution in [0.4, 0.5) is 11.4 Å². The van der Waals surface area contributed by atoms with E-state index >= 15 is 0 Å². The number of anilines is 2. The molecule has 0 aromatic heterocycles. The molecular weight excluding hydrogens is 419 g/mol. The number of aryl methyl sites for hydroxylation is 1. The van der Waals surface area contributed by atoms with Crippen molar-refractivity contribution in [3.8, 4) is 0 Å². The van der Waals surface area contributed by atoms with Gasteiger partial charge in [-0.3, -0.25) is 14.5 Å². The number of Topliss-reactive ketones (excluding diaryl/α,β-unsaturated/α-hetero) is 1. The first-order valence-electron chi connectivity index (χ1n) is 9.97. The fourth-order valence-electron chi connectivity index (χ4n) is 4.57. The number of ketones is 1. The molecule has 30 heavy (non-hydrogen) atoms. The number of nitrogens with one attached hydrogen (secondary N) is 1. The molecule has 6 heteroatoms. The maximum Gasteiger partial charge on any atom is 0.224 e. The Balaban J connectivity index is 2.06. The third-order valence-corrected chi connectivity index (χ3v) is 6.40. The summed E-state index contributed by atoms with van der Waals surface area (Å²) in [6.45, 7) is 7.70. The third-order valence-electron chi connectivity index (χ3n) is 5.83. The third kappa shape index (κ3) is 3.52. The summed E-state index contributed by atoms with van der Waals surface area (Å²) in [6, 6.07) is 10.4. The molecule has 0 fully saturated rings. The van der Waals surface area contributed by atoms with E-state index in [2.05, 4.69) is 19.2 Å². The van der Waals surface area contributed by atoms with Crippen molar-refractivity contribution in [2.75, 3.05) is 10.2 Å². The lowest BCUT2D eigenvalue weighted by atomic mass is 9.73. The Morgan fingerprint density at radius 1 is 1.17 bits per heavy atom. The second kappa shape index (κ2) is 7.44. The lowest BCUT2D eigenvalue weighted by Crippen LogP contribution is -2.38. The number of para-hydroxylation sites is 1. The van der Waals surface area contributed by atoms with E-state index in [1.54, 1.807) is 17.0 Å². The number of nitrogens with zero attached hydrogens (tertiary/aromatic N) is 1. The van der Waals surface area contributed by atoms with Crippen molar-refractivity contribution in [3.05, 3.63) is 68.8 Å². The molecule has 1 aliphatic carbocycles. The number of allylic oxidation sites excluding steroid dienone is 1. The van der Waals surface area contributed by atoms with Gasteiger partial charge in [0.05, 0.1) is 17.4 Å². The lowest BCUT2D eigenvalue weighted by Gasteiger charge is -2.37. The molecule has 4 nitrogen and oxygen atoms in total. The predicted molar refractivity (Wildman–Crippen MR) is 122 cm³/mol. The van der Waals surface area contributed by atoms with E-state index < -0.39 is 6.04 Å². The molecule has 1 amide bonds. The van der Waals surface area contributed by atoms with Crippen LogP contribution in [-0.2, 0) is 9.59 Å². The summed E-state index contributed by atoms with van der Waals surface area (Å²) in [5.41, 5.74) is 4.55. The molecule has 2 aromatic carbocycles. The van der Waals surface area contributed by atoms with E-state index in [1.807, 2.05) is 31.2 Å². The quantitative estimate of drug-likeness (QED) is 0.550. The molecule has 1 N–H and O–H groups in total. The Bertz CT molecular complexity index is 1100. The molecule has 1 aliphatic heterocycles. The number of amides is 1. The summed E-state index contributed by atoms with van der Waals surface area (Å²) in [7, 11) is 0. The van der Waals surface area contributed by atoms with Crippen LogP contribution >= 0.6 is 23.2 Å². The molecule has 0 spiro atoms. The second-order valence-electron chi connectivity index (χ2n) is 8.88. The van der Waals surface area contributed by atoms with Crippen molar-refractivity contribution in [1.82, 2.24) is 0 Å². The van der Waals surface area contributed by atoms with Gasteiger partial charge in [0.15, 0.2) is 5.78 Å². The Kier molecular flexibility index (Phi) is 5.19. The van der Waals surface area contributed by atoms with Crippen molar-refractivity contribution in [2.24, 2.45) is 5.41 Å². The fraction of sp³-hybridized carbons (Fsp3) is 0.333. The van der Waals surface area contributed by atoms with Crippen LogP contribution in [0.5, 0.6) is 0 Å². The van der Waals surface area contributed by atoms with Crippen molar-refractivity contribution < 1.29 is 9.59 Å². The van der Waals surface area contributed by atoms with Crippen LogP contribution < -0.4 is 10.2 Å². The van der Waals surface area contributed by atoms with Crippen molar-refractivity contribution in [1.29, 1.82) is 0 Å². The van der Waals surface area contributed by atoms with Crippen molar-refractivity contribution in [3.63, 3.8) is 0 Å². The Morgan fingerprint density at radius 2 is 1.90 bits per heavy atom. The Morgan fingerprint density at radius 3 is 2.57 bits per heavy atom. The first-order valence-corrected chi connectivity index (χ1v) is 10.7. The molecule has 2 aromatic rings. The van der Waals surface area contributed by atoms with Gasteiger partial charge in [-0.2, -0.15) is 0 Å². The highest BCUT2D eigenvalue weighted by Gasteiger charge is 2.43. The molecule has 1 atom stereocenters. The number of carbonyl (C=O) groups excluding carboxylic acids is 2. The zero-order valence-corrected chi connectivity index (χ0v) is 19.0. The van der Waals surface area contributed by atoms with Gasteiger partial charge in [-0.25, -0.2) is 0 Å². The number of carbonyl (C=O) groups is 2. The monoisotopic (exact) mass is 442 g/mol. The van der Waals surface area contributed by atoms with E-state index in [-0.39, 0.29) is 17.1 Å². The van der Waals surface area contributed by atoms with E-state index in [4.69, 9.17) is 23.2 Å².